The molecule has 1 aromatic carbocycles. The van der Waals surface area contributed by atoms with Gasteiger partial charge in [0.05, 0.1) is 24.7 Å². The summed E-state index contributed by atoms with van der Waals surface area (Å²) in [6, 6.07) is 6.41. The SMILES string of the molecule is CO[C@@H]1COC[C@@H](CNC(=O)C2(c3ccccc3F)CC2)[C@@H]1O. The van der Waals surface area contributed by atoms with E-state index in [2.05, 4.69) is 5.32 Å². The average molecular weight is 323 g/mol. The molecule has 1 heterocycles. The smallest absolute Gasteiger partial charge is 0.230 e. The maximum atomic E-state index is 14.0. The number of benzene rings is 1. The van der Waals surface area contributed by atoms with Gasteiger partial charge in [-0.3, -0.25) is 4.79 Å². The van der Waals surface area contributed by atoms with E-state index in [0.717, 1.165) is 0 Å². The van der Waals surface area contributed by atoms with Crippen LogP contribution in [0.2, 0.25) is 0 Å². The molecule has 23 heavy (non-hydrogen) atoms. The molecule has 1 saturated carbocycles. The molecule has 126 valence electrons. The van der Waals surface area contributed by atoms with Gasteiger partial charge in [-0.25, -0.2) is 4.39 Å². The largest absolute Gasteiger partial charge is 0.390 e. The van der Waals surface area contributed by atoms with E-state index >= 15 is 0 Å². The Labute approximate surface area is 134 Å². The van der Waals surface area contributed by atoms with Crippen LogP contribution in [0.25, 0.3) is 0 Å². The lowest BCUT2D eigenvalue weighted by Crippen LogP contribution is -2.50. The summed E-state index contributed by atoms with van der Waals surface area (Å²) < 4.78 is 24.5. The van der Waals surface area contributed by atoms with Crippen molar-refractivity contribution in [2.24, 2.45) is 5.92 Å². The third kappa shape index (κ3) is 3.11. The average Bonchev–Trinajstić information content (AvgIpc) is 3.36. The Morgan fingerprint density at radius 2 is 2.17 bits per heavy atom. The topological polar surface area (TPSA) is 67.8 Å². The molecule has 2 N–H and O–H groups in total. The lowest BCUT2D eigenvalue weighted by atomic mass is 9.93. The van der Waals surface area contributed by atoms with E-state index in [1.54, 1.807) is 18.2 Å². The molecule has 0 spiro atoms. The number of carbonyl (C=O) groups excluding carboxylic acids is 1. The van der Waals surface area contributed by atoms with E-state index in [4.69, 9.17) is 9.47 Å². The molecule has 0 radical (unpaired) electrons. The normalized spacial score (nSPS) is 29.1. The van der Waals surface area contributed by atoms with E-state index < -0.39 is 11.5 Å². The van der Waals surface area contributed by atoms with Gasteiger partial charge in [0.2, 0.25) is 5.91 Å². The molecule has 2 fully saturated rings. The maximum Gasteiger partial charge on any atom is 0.230 e. The summed E-state index contributed by atoms with van der Waals surface area (Å²) in [7, 11) is 1.52. The van der Waals surface area contributed by atoms with Crippen molar-refractivity contribution in [3.8, 4) is 0 Å². The van der Waals surface area contributed by atoms with E-state index in [9.17, 15) is 14.3 Å². The Morgan fingerprint density at radius 1 is 1.43 bits per heavy atom. The number of aliphatic hydroxyl groups is 1. The Bertz CT molecular complexity index is 575. The number of methoxy groups -OCH3 is 1. The van der Waals surface area contributed by atoms with Crippen molar-refractivity contribution in [3.05, 3.63) is 35.6 Å². The second kappa shape index (κ2) is 6.55. The third-order valence-corrected chi connectivity index (χ3v) is 4.88. The van der Waals surface area contributed by atoms with Crippen LogP contribution in [0.3, 0.4) is 0 Å². The third-order valence-electron chi connectivity index (χ3n) is 4.88. The fraction of sp³-hybridized carbons (Fsp3) is 0.588. The molecule has 0 bridgehead atoms. The molecule has 5 nitrogen and oxygen atoms in total. The first-order valence-corrected chi connectivity index (χ1v) is 7.90. The number of ether oxygens (including phenoxy) is 2. The standard InChI is InChI=1S/C17H22FNO4/c1-22-14-10-23-9-11(15(14)20)8-19-16(21)17(6-7-17)12-4-2-3-5-13(12)18/h2-5,11,14-15,20H,6-10H2,1H3,(H,19,21)/t11-,14-,15+/m1/s1. The molecule has 3 atom stereocenters. The fourth-order valence-corrected chi connectivity index (χ4v) is 3.21. The lowest BCUT2D eigenvalue weighted by molar-refractivity contribution is -0.137. The monoisotopic (exact) mass is 323 g/mol. The van der Waals surface area contributed by atoms with Gasteiger partial charge in [-0.15, -0.1) is 0 Å². The van der Waals surface area contributed by atoms with Gasteiger partial charge in [-0.05, 0) is 18.9 Å². The van der Waals surface area contributed by atoms with Crippen molar-refractivity contribution in [2.45, 2.75) is 30.5 Å². The zero-order valence-corrected chi connectivity index (χ0v) is 13.1. The summed E-state index contributed by atoms with van der Waals surface area (Å²) in [6.45, 7) is 1.01. The van der Waals surface area contributed by atoms with E-state index in [0.29, 0.717) is 31.6 Å². The van der Waals surface area contributed by atoms with Crippen LogP contribution in [0.5, 0.6) is 0 Å². The van der Waals surface area contributed by atoms with Gasteiger partial charge in [0.1, 0.15) is 11.9 Å². The highest BCUT2D eigenvalue weighted by molar-refractivity contribution is 5.91. The molecule has 1 aromatic rings. The molecule has 1 aliphatic carbocycles. The number of nitrogens with one attached hydrogen (secondary N) is 1. The summed E-state index contributed by atoms with van der Waals surface area (Å²) >= 11 is 0. The van der Waals surface area contributed by atoms with Crippen LogP contribution in [0.4, 0.5) is 4.39 Å². The van der Waals surface area contributed by atoms with Gasteiger partial charge in [-0.1, -0.05) is 18.2 Å². The molecule has 3 rings (SSSR count). The van der Waals surface area contributed by atoms with Crippen LogP contribution < -0.4 is 5.32 Å². The number of hydrogen-bond acceptors (Lipinski definition) is 4. The minimum atomic E-state index is -0.757. The molecule has 1 saturated heterocycles. The molecule has 0 aromatic heterocycles. The highest BCUT2D eigenvalue weighted by atomic mass is 19.1. The van der Waals surface area contributed by atoms with Crippen LogP contribution in [0.15, 0.2) is 24.3 Å². The molecule has 2 aliphatic rings. The van der Waals surface area contributed by atoms with Crippen molar-refractivity contribution in [1.29, 1.82) is 0 Å². The zero-order valence-electron chi connectivity index (χ0n) is 13.1. The van der Waals surface area contributed by atoms with Crippen molar-refractivity contribution < 1.29 is 23.8 Å². The second-order valence-electron chi connectivity index (χ2n) is 6.33. The first-order chi connectivity index (χ1) is 11.1. The molecule has 1 amide bonds. The van der Waals surface area contributed by atoms with Gasteiger partial charge in [0, 0.05) is 25.1 Å². The highest BCUT2D eigenvalue weighted by Crippen LogP contribution is 2.49. The minimum Gasteiger partial charge on any atom is -0.390 e. The van der Waals surface area contributed by atoms with Crippen molar-refractivity contribution >= 4 is 5.91 Å². The molecular weight excluding hydrogens is 301 g/mol. The Kier molecular flexibility index (Phi) is 4.66. The van der Waals surface area contributed by atoms with Gasteiger partial charge in [0.15, 0.2) is 0 Å². The maximum absolute atomic E-state index is 14.0. The van der Waals surface area contributed by atoms with Crippen LogP contribution >= 0.6 is 0 Å². The molecule has 6 heteroatoms. The van der Waals surface area contributed by atoms with E-state index in [1.807, 2.05) is 0 Å². The number of amides is 1. The lowest BCUT2D eigenvalue weighted by Gasteiger charge is -2.34. The van der Waals surface area contributed by atoms with Crippen molar-refractivity contribution in [3.63, 3.8) is 0 Å². The number of carbonyl (C=O) groups is 1. The van der Waals surface area contributed by atoms with Crippen molar-refractivity contribution in [2.75, 3.05) is 26.9 Å². The quantitative estimate of drug-likeness (QED) is 0.848. The Balaban J connectivity index is 1.63. The van der Waals surface area contributed by atoms with Gasteiger partial charge < -0.3 is 19.9 Å². The summed E-state index contributed by atoms with van der Waals surface area (Å²) in [5, 5.41) is 13.1. The zero-order chi connectivity index (χ0) is 16.4. The summed E-state index contributed by atoms with van der Waals surface area (Å²) in [6.07, 6.45) is 0.221. The number of aliphatic hydroxyl groups excluding tert-OH is 1. The van der Waals surface area contributed by atoms with Gasteiger partial charge in [0.25, 0.3) is 0 Å². The number of rotatable bonds is 5. The summed E-state index contributed by atoms with van der Waals surface area (Å²) in [5.41, 5.74) is -0.306. The van der Waals surface area contributed by atoms with Crippen LogP contribution in [0.1, 0.15) is 18.4 Å². The van der Waals surface area contributed by atoms with E-state index in [-0.39, 0.29) is 30.3 Å². The number of halogens is 1. The van der Waals surface area contributed by atoms with Gasteiger partial charge in [-0.2, -0.15) is 0 Å². The Morgan fingerprint density at radius 3 is 2.83 bits per heavy atom. The second-order valence-corrected chi connectivity index (χ2v) is 6.33. The predicted octanol–water partition coefficient (Wildman–Crippen LogP) is 0.996. The van der Waals surface area contributed by atoms with Crippen LogP contribution in [0, 0.1) is 11.7 Å². The minimum absolute atomic E-state index is 0.186. The van der Waals surface area contributed by atoms with Crippen LogP contribution in [-0.4, -0.2) is 50.1 Å². The first kappa shape index (κ1) is 16.4. The molecular formula is C17H22FNO4. The summed E-state index contributed by atoms with van der Waals surface area (Å²) in [4.78, 5) is 12.5. The van der Waals surface area contributed by atoms with Gasteiger partial charge >= 0.3 is 0 Å². The molecule has 0 unspecified atom stereocenters. The first-order valence-electron chi connectivity index (χ1n) is 7.90. The molecule has 1 aliphatic heterocycles. The van der Waals surface area contributed by atoms with Crippen molar-refractivity contribution in [1.82, 2.24) is 5.32 Å². The highest BCUT2D eigenvalue weighted by Gasteiger charge is 2.52. The fourth-order valence-electron chi connectivity index (χ4n) is 3.21. The van der Waals surface area contributed by atoms with E-state index in [1.165, 1.54) is 13.2 Å². The van der Waals surface area contributed by atoms with Crippen LogP contribution in [-0.2, 0) is 19.7 Å². The summed E-state index contributed by atoms with van der Waals surface area (Å²) in [5.74, 6) is -0.760. The Hall–Kier alpha value is -1.50. The number of hydrogen-bond donors (Lipinski definition) is 2. The predicted molar refractivity (Wildman–Crippen MR) is 81.4 cm³/mol.